The topological polar surface area (TPSA) is 93.1 Å². The van der Waals surface area contributed by atoms with Crippen molar-refractivity contribution < 1.29 is 33.0 Å². The summed E-state index contributed by atoms with van der Waals surface area (Å²) >= 11 is 0. The molecule has 0 bridgehead atoms. The first kappa shape index (κ1) is 29.7. The Kier molecular flexibility index (Phi) is 10.5. The molecule has 0 radical (unpaired) electrons. The number of aromatic hydroxyl groups is 1. The van der Waals surface area contributed by atoms with Gasteiger partial charge in [-0.15, -0.1) is 0 Å². The van der Waals surface area contributed by atoms with Crippen LogP contribution >= 0.6 is 0 Å². The molecule has 0 aliphatic carbocycles. The van der Waals surface area contributed by atoms with Crippen molar-refractivity contribution in [3.8, 4) is 5.75 Å². The average Bonchev–Trinajstić information content (AvgIpc) is 3.10. The molecule has 0 saturated carbocycles. The molecule has 1 amide bonds. The number of phenolic OH excluding ortho intramolecular Hbond substituents is 1. The quantitative estimate of drug-likeness (QED) is 0.391. The zero-order chi connectivity index (χ0) is 28.4. The number of rotatable bonds is 6. The third-order valence-corrected chi connectivity index (χ3v) is 6.17. The SMILES string of the molecule is Cc1ccc(NC(=O)c2ccc(CN3CCCN(Cc4cccc(O)c4)CC3)cc2)cc1.O=C(O)C(F)(F)F. The van der Waals surface area contributed by atoms with Crippen molar-refractivity contribution in [2.45, 2.75) is 32.6 Å². The minimum Gasteiger partial charge on any atom is -0.508 e. The lowest BCUT2D eigenvalue weighted by Gasteiger charge is -2.22. The average molecular weight is 544 g/mol. The molecule has 3 aromatic rings. The molecule has 0 unspecified atom stereocenters. The highest BCUT2D eigenvalue weighted by Crippen LogP contribution is 2.17. The Bertz CT molecular complexity index is 1230. The second kappa shape index (κ2) is 13.8. The van der Waals surface area contributed by atoms with Crippen molar-refractivity contribution in [2.75, 3.05) is 31.5 Å². The Labute approximate surface area is 225 Å². The molecule has 1 fully saturated rings. The summed E-state index contributed by atoms with van der Waals surface area (Å²) in [4.78, 5) is 26.3. The molecule has 10 heteroatoms. The number of carboxylic acid groups (broad SMARTS) is 1. The van der Waals surface area contributed by atoms with Gasteiger partial charge in [-0.3, -0.25) is 14.6 Å². The summed E-state index contributed by atoms with van der Waals surface area (Å²) in [6, 6.07) is 23.3. The lowest BCUT2D eigenvalue weighted by Crippen LogP contribution is -2.30. The Morgan fingerprint density at radius 3 is 1.95 bits per heavy atom. The fraction of sp³-hybridized carbons (Fsp3) is 0.310. The van der Waals surface area contributed by atoms with E-state index in [-0.39, 0.29) is 5.91 Å². The van der Waals surface area contributed by atoms with Gasteiger partial charge < -0.3 is 15.5 Å². The van der Waals surface area contributed by atoms with Gasteiger partial charge >= 0.3 is 12.1 Å². The Morgan fingerprint density at radius 2 is 1.41 bits per heavy atom. The van der Waals surface area contributed by atoms with Crippen LogP contribution < -0.4 is 5.32 Å². The van der Waals surface area contributed by atoms with Crippen LogP contribution in [0, 0.1) is 6.92 Å². The fourth-order valence-corrected chi connectivity index (χ4v) is 4.11. The van der Waals surface area contributed by atoms with E-state index >= 15 is 0 Å². The van der Waals surface area contributed by atoms with Gasteiger partial charge in [0.1, 0.15) is 5.75 Å². The zero-order valence-electron chi connectivity index (χ0n) is 21.6. The van der Waals surface area contributed by atoms with E-state index in [1.54, 1.807) is 6.07 Å². The number of nitrogens with one attached hydrogen (secondary N) is 1. The highest BCUT2D eigenvalue weighted by atomic mass is 19.4. The van der Waals surface area contributed by atoms with E-state index in [9.17, 15) is 23.1 Å². The standard InChI is InChI=1S/C27H31N3O2.C2HF3O2/c1-21-6-12-25(13-7-21)28-27(32)24-10-8-22(9-11-24)19-29-14-3-15-30(17-16-29)20-23-4-2-5-26(31)18-23;3-2(4,5)1(6)7/h2,4-13,18,31H,3,14-17,19-20H2,1H3,(H,28,32);(H,6,7). The number of aryl methyl sites for hydroxylation is 1. The predicted molar refractivity (Wildman–Crippen MR) is 143 cm³/mol. The number of hydrogen-bond donors (Lipinski definition) is 3. The van der Waals surface area contributed by atoms with E-state index in [1.807, 2.05) is 55.5 Å². The summed E-state index contributed by atoms with van der Waals surface area (Å²) in [7, 11) is 0. The molecular formula is C29H32F3N3O4. The normalized spacial score (nSPS) is 14.6. The number of carbonyl (C=O) groups excluding carboxylic acids is 1. The monoisotopic (exact) mass is 543 g/mol. The lowest BCUT2D eigenvalue weighted by molar-refractivity contribution is -0.192. The number of hydrogen-bond acceptors (Lipinski definition) is 5. The van der Waals surface area contributed by atoms with Crippen LogP contribution in [-0.4, -0.2) is 64.2 Å². The Hall–Kier alpha value is -3.89. The van der Waals surface area contributed by atoms with Crippen LogP contribution in [0.4, 0.5) is 18.9 Å². The molecule has 39 heavy (non-hydrogen) atoms. The molecule has 4 rings (SSSR count). The summed E-state index contributed by atoms with van der Waals surface area (Å²) in [5.74, 6) is -2.51. The lowest BCUT2D eigenvalue weighted by atomic mass is 10.1. The molecule has 3 N–H and O–H groups in total. The van der Waals surface area contributed by atoms with E-state index < -0.39 is 12.1 Å². The maximum atomic E-state index is 12.5. The van der Waals surface area contributed by atoms with Gasteiger partial charge in [-0.05, 0) is 74.0 Å². The molecule has 1 aliphatic rings. The van der Waals surface area contributed by atoms with Crippen molar-refractivity contribution in [1.29, 1.82) is 0 Å². The fourth-order valence-electron chi connectivity index (χ4n) is 4.11. The van der Waals surface area contributed by atoms with E-state index in [1.165, 1.54) is 11.1 Å². The van der Waals surface area contributed by atoms with Gasteiger partial charge in [-0.25, -0.2) is 4.79 Å². The van der Waals surface area contributed by atoms with Crippen molar-refractivity contribution in [2.24, 2.45) is 0 Å². The number of halogens is 3. The first-order valence-electron chi connectivity index (χ1n) is 12.5. The third-order valence-electron chi connectivity index (χ3n) is 6.17. The van der Waals surface area contributed by atoms with E-state index in [4.69, 9.17) is 9.90 Å². The van der Waals surface area contributed by atoms with Crippen molar-refractivity contribution >= 4 is 17.6 Å². The molecule has 3 aromatic carbocycles. The summed E-state index contributed by atoms with van der Waals surface area (Å²) in [5.41, 5.74) is 5.02. The zero-order valence-corrected chi connectivity index (χ0v) is 21.6. The summed E-state index contributed by atoms with van der Waals surface area (Å²) in [5, 5.41) is 19.8. The smallest absolute Gasteiger partial charge is 0.490 e. The van der Waals surface area contributed by atoms with E-state index in [0.717, 1.165) is 56.9 Å². The number of alkyl halides is 3. The maximum absolute atomic E-state index is 12.5. The molecule has 208 valence electrons. The largest absolute Gasteiger partial charge is 0.508 e. The summed E-state index contributed by atoms with van der Waals surface area (Å²) in [6.07, 6.45) is -3.96. The highest BCUT2D eigenvalue weighted by Gasteiger charge is 2.38. The van der Waals surface area contributed by atoms with E-state index in [0.29, 0.717) is 11.3 Å². The molecule has 0 aromatic heterocycles. The Balaban J connectivity index is 0.000000532. The number of nitrogens with zero attached hydrogens (tertiary/aromatic N) is 2. The second-order valence-corrected chi connectivity index (χ2v) is 9.40. The predicted octanol–water partition coefficient (Wildman–Crippen LogP) is 5.29. The van der Waals surface area contributed by atoms with Crippen LogP contribution in [0.15, 0.2) is 72.8 Å². The van der Waals surface area contributed by atoms with Crippen LogP contribution in [0.5, 0.6) is 5.75 Å². The molecule has 7 nitrogen and oxygen atoms in total. The van der Waals surface area contributed by atoms with Gasteiger partial charge in [0, 0.05) is 37.4 Å². The van der Waals surface area contributed by atoms with Crippen molar-refractivity contribution in [3.05, 3.63) is 95.1 Å². The summed E-state index contributed by atoms with van der Waals surface area (Å²) in [6.45, 7) is 7.92. The van der Waals surface area contributed by atoms with Crippen LogP contribution in [0.2, 0.25) is 0 Å². The van der Waals surface area contributed by atoms with Crippen molar-refractivity contribution in [1.82, 2.24) is 9.80 Å². The van der Waals surface area contributed by atoms with Crippen LogP contribution in [-0.2, 0) is 17.9 Å². The molecule has 1 aliphatic heterocycles. The minimum absolute atomic E-state index is 0.0854. The minimum atomic E-state index is -5.08. The molecule has 0 spiro atoms. The number of amides is 1. The van der Waals surface area contributed by atoms with Crippen LogP contribution in [0.3, 0.4) is 0 Å². The van der Waals surface area contributed by atoms with Crippen LogP contribution in [0.25, 0.3) is 0 Å². The summed E-state index contributed by atoms with van der Waals surface area (Å²) < 4.78 is 31.7. The van der Waals surface area contributed by atoms with Gasteiger partial charge in [0.05, 0.1) is 0 Å². The Morgan fingerprint density at radius 1 is 0.846 bits per heavy atom. The van der Waals surface area contributed by atoms with Gasteiger partial charge in [-0.1, -0.05) is 42.0 Å². The molecular weight excluding hydrogens is 511 g/mol. The highest BCUT2D eigenvalue weighted by molar-refractivity contribution is 6.04. The van der Waals surface area contributed by atoms with Crippen molar-refractivity contribution in [3.63, 3.8) is 0 Å². The number of anilines is 1. The molecule has 0 atom stereocenters. The second-order valence-electron chi connectivity index (χ2n) is 9.40. The number of carboxylic acids is 1. The first-order valence-corrected chi connectivity index (χ1v) is 12.5. The van der Waals surface area contributed by atoms with Gasteiger partial charge in [0.25, 0.3) is 5.91 Å². The van der Waals surface area contributed by atoms with Gasteiger partial charge in [-0.2, -0.15) is 13.2 Å². The van der Waals surface area contributed by atoms with Crippen LogP contribution in [0.1, 0.15) is 33.5 Å². The molecule has 1 heterocycles. The van der Waals surface area contributed by atoms with Gasteiger partial charge in [0.2, 0.25) is 0 Å². The number of benzene rings is 3. The number of phenols is 1. The maximum Gasteiger partial charge on any atom is 0.490 e. The van der Waals surface area contributed by atoms with Gasteiger partial charge in [0.15, 0.2) is 0 Å². The van der Waals surface area contributed by atoms with E-state index in [2.05, 4.69) is 33.3 Å². The number of aliphatic carboxylic acids is 1. The third kappa shape index (κ3) is 10.1. The number of carbonyl (C=O) groups is 2. The first-order chi connectivity index (χ1) is 18.5. The molecule has 1 saturated heterocycles.